The van der Waals surface area contributed by atoms with Crippen LogP contribution in [0.5, 0.6) is 0 Å². The SMILES string of the molecule is CC(C)[C@H](NC(=O)CN)C(=O)[C@@H]1CCCN1. The van der Waals surface area contributed by atoms with Crippen LogP contribution < -0.4 is 16.4 Å². The molecule has 5 heteroatoms. The van der Waals surface area contributed by atoms with Crippen molar-refractivity contribution >= 4 is 11.7 Å². The van der Waals surface area contributed by atoms with E-state index in [9.17, 15) is 9.59 Å². The Hall–Kier alpha value is -0.940. The number of carbonyl (C=O) groups excluding carboxylic acids is 2. The second kappa shape index (κ2) is 5.96. The van der Waals surface area contributed by atoms with Crippen molar-refractivity contribution in [3.8, 4) is 0 Å². The van der Waals surface area contributed by atoms with Gasteiger partial charge in [-0.2, -0.15) is 0 Å². The second-order valence-corrected chi connectivity index (χ2v) is 4.54. The van der Waals surface area contributed by atoms with Gasteiger partial charge in [0.2, 0.25) is 5.91 Å². The maximum Gasteiger partial charge on any atom is 0.234 e. The normalized spacial score (nSPS) is 22.1. The summed E-state index contributed by atoms with van der Waals surface area (Å²) in [4.78, 5) is 23.4. The predicted octanol–water partition coefficient (Wildman–Crippen LogP) is -0.593. The van der Waals surface area contributed by atoms with Crippen LogP contribution in [-0.4, -0.2) is 36.9 Å². The molecule has 92 valence electrons. The number of Topliss-reactive ketones (excluding diaryl/α,β-unsaturated/α-hetero) is 1. The number of hydrogen-bond acceptors (Lipinski definition) is 4. The number of ketones is 1. The molecule has 1 heterocycles. The van der Waals surface area contributed by atoms with Crippen molar-refractivity contribution in [2.75, 3.05) is 13.1 Å². The molecule has 1 aliphatic rings. The minimum absolute atomic E-state index is 0.0748. The number of hydrogen-bond donors (Lipinski definition) is 3. The fourth-order valence-electron chi connectivity index (χ4n) is 1.94. The molecule has 5 nitrogen and oxygen atoms in total. The zero-order valence-corrected chi connectivity index (χ0v) is 9.95. The summed E-state index contributed by atoms with van der Waals surface area (Å²) in [6.45, 7) is 4.66. The van der Waals surface area contributed by atoms with E-state index < -0.39 is 6.04 Å². The van der Waals surface area contributed by atoms with Crippen LogP contribution in [0.15, 0.2) is 0 Å². The molecule has 16 heavy (non-hydrogen) atoms. The van der Waals surface area contributed by atoms with Gasteiger partial charge in [0.25, 0.3) is 0 Å². The Morgan fingerprint density at radius 1 is 1.50 bits per heavy atom. The lowest BCUT2D eigenvalue weighted by atomic mass is 9.94. The van der Waals surface area contributed by atoms with Crippen molar-refractivity contribution in [2.45, 2.75) is 38.8 Å². The molecule has 1 saturated heterocycles. The molecule has 0 radical (unpaired) electrons. The molecule has 1 aliphatic heterocycles. The van der Waals surface area contributed by atoms with Crippen molar-refractivity contribution in [3.05, 3.63) is 0 Å². The van der Waals surface area contributed by atoms with E-state index in [-0.39, 0.29) is 30.2 Å². The first-order chi connectivity index (χ1) is 7.56. The van der Waals surface area contributed by atoms with Crippen molar-refractivity contribution in [3.63, 3.8) is 0 Å². The van der Waals surface area contributed by atoms with Gasteiger partial charge in [0.1, 0.15) is 0 Å². The summed E-state index contributed by atoms with van der Waals surface area (Å²) in [5, 5.41) is 5.84. The molecule has 0 saturated carbocycles. The van der Waals surface area contributed by atoms with E-state index in [1.54, 1.807) is 0 Å². The molecule has 0 aromatic heterocycles. The number of amides is 1. The molecule has 0 aliphatic carbocycles. The average Bonchev–Trinajstić information content (AvgIpc) is 2.77. The number of nitrogens with two attached hydrogens (primary N) is 1. The van der Waals surface area contributed by atoms with Crippen LogP contribution in [-0.2, 0) is 9.59 Å². The van der Waals surface area contributed by atoms with Gasteiger partial charge in [0.05, 0.1) is 18.6 Å². The second-order valence-electron chi connectivity index (χ2n) is 4.54. The third kappa shape index (κ3) is 3.28. The smallest absolute Gasteiger partial charge is 0.234 e. The van der Waals surface area contributed by atoms with Crippen LogP contribution in [0.4, 0.5) is 0 Å². The molecule has 1 fully saturated rings. The molecular formula is C11H21N3O2. The average molecular weight is 227 g/mol. The predicted molar refractivity (Wildman–Crippen MR) is 61.9 cm³/mol. The maximum absolute atomic E-state index is 12.1. The lowest BCUT2D eigenvalue weighted by molar-refractivity contribution is -0.129. The van der Waals surface area contributed by atoms with Crippen LogP contribution in [0.25, 0.3) is 0 Å². The molecule has 4 N–H and O–H groups in total. The molecule has 0 aromatic rings. The quantitative estimate of drug-likeness (QED) is 0.586. The Morgan fingerprint density at radius 3 is 2.62 bits per heavy atom. The van der Waals surface area contributed by atoms with Gasteiger partial charge < -0.3 is 16.4 Å². The van der Waals surface area contributed by atoms with E-state index in [0.717, 1.165) is 19.4 Å². The largest absolute Gasteiger partial charge is 0.345 e. The number of nitrogens with one attached hydrogen (secondary N) is 2. The Kier molecular flexibility index (Phi) is 4.89. The lowest BCUT2D eigenvalue weighted by Gasteiger charge is -2.23. The molecule has 0 unspecified atom stereocenters. The highest BCUT2D eigenvalue weighted by molar-refractivity contribution is 5.93. The van der Waals surface area contributed by atoms with Crippen molar-refractivity contribution in [1.29, 1.82) is 0 Å². The Morgan fingerprint density at radius 2 is 2.19 bits per heavy atom. The van der Waals surface area contributed by atoms with Crippen LogP contribution >= 0.6 is 0 Å². The summed E-state index contributed by atoms with van der Waals surface area (Å²) >= 11 is 0. The van der Waals surface area contributed by atoms with E-state index in [2.05, 4.69) is 10.6 Å². The zero-order valence-electron chi connectivity index (χ0n) is 9.95. The molecule has 1 rings (SSSR count). The van der Waals surface area contributed by atoms with Gasteiger partial charge in [-0.05, 0) is 25.3 Å². The topological polar surface area (TPSA) is 84.2 Å². The van der Waals surface area contributed by atoms with Gasteiger partial charge in [-0.3, -0.25) is 9.59 Å². The summed E-state index contributed by atoms with van der Waals surface area (Å²) < 4.78 is 0. The molecule has 2 atom stereocenters. The minimum Gasteiger partial charge on any atom is -0.345 e. The minimum atomic E-state index is -0.424. The third-order valence-electron chi connectivity index (χ3n) is 2.88. The molecule has 1 amide bonds. The monoisotopic (exact) mass is 227 g/mol. The maximum atomic E-state index is 12.1. The van der Waals surface area contributed by atoms with Gasteiger partial charge >= 0.3 is 0 Å². The fraction of sp³-hybridized carbons (Fsp3) is 0.818. The first-order valence-corrected chi connectivity index (χ1v) is 5.82. The van der Waals surface area contributed by atoms with E-state index in [1.807, 2.05) is 13.8 Å². The first-order valence-electron chi connectivity index (χ1n) is 5.82. The third-order valence-corrected chi connectivity index (χ3v) is 2.88. The first kappa shape index (κ1) is 13.1. The fourth-order valence-corrected chi connectivity index (χ4v) is 1.94. The highest BCUT2D eigenvalue weighted by Crippen LogP contribution is 2.12. The highest BCUT2D eigenvalue weighted by Gasteiger charge is 2.31. The summed E-state index contributed by atoms with van der Waals surface area (Å²) in [5.74, 6) is -0.107. The van der Waals surface area contributed by atoms with Crippen molar-refractivity contribution < 1.29 is 9.59 Å². The number of carbonyl (C=O) groups is 2. The molecule has 0 spiro atoms. The summed E-state index contributed by atoms with van der Waals surface area (Å²) in [6.07, 6.45) is 1.88. The van der Waals surface area contributed by atoms with E-state index in [0.29, 0.717) is 0 Å². The van der Waals surface area contributed by atoms with Gasteiger partial charge in [-0.25, -0.2) is 0 Å². The van der Waals surface area contributed by atoms with E-state index in [4.69, 9.17) is 5.73 Å². The Balaban J connectivity index is 2.61. The van der Waals surface area contributed by atoms with Gasteiger partial charge in [0.15, 0.2) is 5.78 Å². The molecule has 0 aromatic carbocycles. The number of rotatable bonds is 5. The van der Waals surface area contributed by atoms with Crippen LogP contribution in [0.2, 0.25) is 0 Å². The highest BCUT2D eigenvalue weighted by atomic mass is 16.2. The van der Waals surface area contributed by atoms with Gasteiger partial charge in [-0.1, -0.05) is 13.8 Å². The Bertz CT molecular complexity index is 260. The lowest BCUT2D eigenvalue weighted by Crippen LogP contribution is -2.51. The zero-order chi connectivity index (χ0) is 12.1. The summed E-state index contributed by atoms with van der Waals surface area (Å²) in [5.41, 5.74) is 5.24. The van der Waals surface area contributed by atoms with E-state index >= 15 is 0 Å². The summed E-state index contributed by atoms with van der Waals surface area (Å²) in [6, 6.07) is -0.530. The Labute approximate surface area is 96.1 Å². The summed E-state index contributed by atoms with van der Waals surface area (Å²) in [7, 11) is 0. The van der Waals surface area contributed by atoms with Crippen molar-refractivity contribution in [1.82, 2.24) is 10.6 Å². The van der Waals surface area contributed by atoms with E-state index in [1.165, 1.54) is 0 Å². The molecular weight excluding hydrogens is 206 g/mol. The van der Waals surface area contributed by atoms with Crippen LogP contribution in [0.1, 0.15) is 26.7 Å². The van der Waals surface area contributed by atoms with Crippen molar-refractivity contribution in [2.24, 2.45) is 11.7 Å². The van der Waals surface area contributed by atoms with Crippen LogP contribution in [0, 0.1) is 5.92 Å². The van der Waals surface area contributed by atoms with Gasteiger partial charge in [0, 0.05) is 0 Å². The van der Waals surface area contributed by atoms with Crippen LogP contribution in [0.3, 0.4) is 0 Å². The molecule has 0 bridgehead atoms. The standard InChI is InChI=1S/C11H21N3O2/c1-7(2)10(14-9(15)6-12)11(16)8-4-3-5-13-8/h7-8,10,13H,3-6,12H2,1-2H3,(H,14,15)/t8-,10-/m0/s1. The van der Waals surface area contributed by atoms with Gasteiger partial charge in [-0.15, -0.1) is 0 Å².